The lowest BCUT2D eigenvalue weighted by atomic mass is 9.80. The summed E-state index contributed by atoms with van der Waals surface area (Å²) in [5.41, 5.74) is 8.44. The smallest absolute Gasteiger partial charge is 0.309 e. The molecule has 0 bridgehead atoms. The van der Waals surface area contributed by atoms with Crippen LogP contribution in [0, 0.1) is 6.92 Å². The fraction of sp³-hybridized carbons (Fsp3) is 0.500. The Morgan fingerprint density at radius 1 is 0.951 bits per heavy atom. The molecule has 2 aromatic rings. The van der Waals surface area contributed by atoms with Crippen molar-refractivity contribution in [1.29, 1.82) is 0 Å². The van der Waals surface area contributed by atoms with Crippen LogP contribution in [0.3, 0.4) is 0 Å². The Labute approximate surface area is 248 Å². The number of benzene rings is 2. The van der Waals surface area contributed by atoms with Gasteiger partial charge in [0.15, 0.2) is 12.3 Å². The minimum absolute atomic E-state index is 0.103. The van der Waals surface area contributed by atoms with Crippen molar-refractivity contribution in [3.8, 4) is 0 Å². The molecule has 2 heterocycles. The number of anilines is 1. The Balaban J connectivity index is 1.71. The van der Waals surface area contributed by atoms with Crippen LogP contribution in [0.2, 0.25) is 0 Å². The van der Waals surface area contributed by atoms with Crippen molar-refractivity contribution in [3.05, 3.63) is 83.1 Å². The van der Waals surface area contributed by atoms with Gasteiger partial charge in [-0.15, -0.1) is 0 Å². The molecule has 0 aliphatic carbocycles. The van der Waals surface area contributed by atoms with Crippen molar-refractivity contribution >= 4 is 23.1 Å². The normalized spacial score (nSPS) is 18.4. The first-order valence-electron chi connectivity index (χ1n) is 15.5. The van der Waals surface area contributed by atoms with Crippen LogP contribution in [0.15, 0.2) is 66.4 Å². The van der Waals surface area contributed by atoms with Gasteiger partial charge in [0.25, 0.3) is 0 Å². The Hall–Kier alpha value is -3.18. The molecule has 4 rings (SSSR count). The summed E-state index contributed by atoms with van der Waals surface area (Å²) in [6, 6.07) is 15.3. The topological polar surface area (TPSA) is 43.5 Å². The van der Waals surface area contributed by atoms with Gasteiger partial charge in [-0.3, -0.25) is 4.79 Å². The number of quaternary nitrogens is 1. The van der Waals surface area contributed by atoms with E-state index in [9.17, 15) is 9.90 Å². The molecule has 220 valence electrons. The molecule has 0 fully saturated rings. The molecule has 5 nitrogen and oxygen atoms in total. The number of carboxylic acids is 1. The lowest BCUT2D eigenvalue weighted by Gasteiger charge is -2.36. The molecule has 5 heteroatoms. The highest BCUT2D eigenvalue weighted by Gasteiger charge is 2.45. The zero-order valence-electron chi connectivity index (χ0n) is 26.6. The molecule has 1 N–H and O–H groups in total. The molecule has 2 aliphatic heterocycles. The summed E-state index contributed by atoms with van der Waals surface area (Å²) in [6.45, 7) is 24.4. The standard InChI is InChI=1S/C36H50N3O2/c1-9-39(10-2,11-3)26-16-24-37-30-20-13-12-18-28(30)35(5,6)31(37)21-15-22-32-36(7,8)29-19-14-17-27(4)34(29)38(32)25-23-33(40)41/h12-15,17-22H,9-11,16,23-26H2,1-8H3/q+1/p+1. The number of aliphatic carboxylic acids is 1. The van der Waals surface area contributed by atoms with Crippen LogP contribution >= 0.6 is 0 Å². The summed E-state index contributed by atoms with van der Waals surface area (Å²) in [5, 5.41) is 9.50. The average molecular weight is 558 g/mol. The number of rotatable bonds is 12. The van der Waals surface area contributed by atoms with Gasteiger partial charge in [0.2, 0.25) is 5.69 Å². The van der Waals surface area contributed by atoms with E-state index in [1.807, 2.05) is 0 Å². The van der Waals surface area contributed by atoms with Crippen LogP contribution in [0.1, 0.15) is 78.0 Å². The summed E-state index contributed by atoms with van der Waals surface area (Å²) in [7, 11) is 0. The number of aryl methyl sites for hydroxylation is 1. The molecule has 0 radical (unpaired) electrons. The molecular weight excluding hydrogens is 506 g/mol. The van der Waals surface area contributed by atoms with E-state index >= 15 is 0 Å². The molecular formula is C36H51N3O2+2. The molecule has 0 spiro atoms. The van der Waals surface area contributed by atoms with Crippen molar-refractivity contribution in [2.24, 2.45) is 0 Å². The highest BCUT2D eigenvalue weighted by Crippen LogP contribution is 2.48. The molecule has 0 unspecified atom stereocenters. The second-order valence-corrected chi connectivity index (χ2v) is 12.8. The maximum Gasteiger partial charge on any atom is 0.309 e. The minimum atomic E-state index is -0.770. The molecule has 0 saturated carbocycles. The second-order valence-electron chi connectivity index (χ2n) is 12.8. The van der Waals surface area contributed by atoms with Gasteiger partial charge >= 0.3 is 5.97 Å². The van der Waals surface area contributed by atoms with E-state index in [-0.39, 0.29) is 17.3 Å². The number of carboxylic acid groups (broad SMARTS) is 1. The maximum absolute atomic E-state index is 11.6. The van der Waals surface area contributed by atoms with Gasteiger partial charge < -0.3 is 14.5 Å². The molecule has 2 aliphatic rings. The third-order valence-electron chi connectivity index (χ3n) is 10.00. The Bertz CT molecular complexity index is 1370. The van der Waals surface area contributed by atoms with Crippen molar-refractivity contribution in [1.82, 2.24) is 0 Å². The number of fused-ring (bicyclic) bond motifs is 2. The molecule has 2 aromatic carbocycles. The van der Waals surface area contributed by atoms with E-state index < -0.39 is 5.97 Å². The Kier molecular flexibility index (Phi) is 8.98. The largest absolute Gasteiger partial charge is 0.481 e. The number of nitrogens with zero attached hydrogens (tertiary/aromatic N) is 3. The quantitative estimate of drug-likeness (QED) is 0.219. The zero-order valence-corrected chi connectivity index (χ0v) is 26.6. The third-order valence-corrected chi connectivity index (χ3v) is 10.00. The summed E-state index contributed by atoms with van der Waals surface area (Å²) in [5.74, 6) is -0.770. The number of carbonyl (C=O) groups is 1. The average Bonchev–Trinajstić information content (AvgIpc) is 3.30. The molecule has 0 amide bonds. The van der Waals surface area contributed by atoms with E-state index in [0.717, 1.165) is 28.8 Å². The SMILES string of the molecule is CC[N+](CC)(CC)CCCN1/C(=C/C=C/C2=[N+](CCC(=O)O)c3c(C)cccc3C2(C)C)C(C)(C)c2ccccc21. The lowest BCUT2D eigenvalue weighted by Crippen LogP contribution is -2.48. The van der Waals surface area contributed by atoms with Crippen molar-refractivity contribution < 1.29 is 19.0 Å². The van der Waals surface area contributed by atoms with Crippen molar-refractivity contribution in [2.45, 2.75) is 79.1 Å². The predicted molar refractivity (Wildman–Crippen MR) is 172 cm³/mol. The first-order chi connectivity index (χ1) is 19.4. The fourth-order valence-corrected chi connectivity index (χ4v) is 7.18. The summed E-state index contributed by atoms with van der Waals surface area (Å²) in [4.78, 5) is 14.1. The van der Waals surface area contributed by atoms with Crippen LogP contribution in [-0.4, -0.2) is 65.1 Å². The van der Waals surface area contributed by atoms with Crippen LogP contribution in [0.4, 0.5) is 11.4 Å². The molecule has 0 atom stereocenters. The van der Waals surface area contributed by atoms with Gasteiger partial charge in [0, 0.05) is 47.0 Å². The Morgan fingerprint density at radius 3 is 2.27 bits per heavy atom. The molecule has 0 saturated heterocycles. The zero-order chi connectivity index (χ0) is 30.0. The van der Waals surface area contributed by atoms with Gasteiger partial charge in [0.05, 0.1) is 31.6 Å². The van der Waals surface area contributed by atoms with Gasteiger partial charge in [-0.2, -0.15) is 4.58 Å². The summed E-state index contributed by atoms with van der Waals surface area (Å²) < 4.78 is 3.40. The van der Waals surface area contributed by atoms with Crippen LogP contribution in [-0.2, 0) is 15.6 Å². The molecule has 41 heavy (non-hydrogen) atoms. The first kappa shape index (κ1) is 30.8. The van der Waals surface area contributed by atoms with E-state index in [2.05, 4.69) is 126 Å². The van der Waals surface area contributed by atoms with Gasteiger partial charge in [0.1, 0.15) is 6.42 Å². The fourth-order valence-electron chi connectivity index (χ4n) is 7.18. The Morgan fingerprint density at radius 2 is 1.61 bits per heavy atom. The summed E-state index contributed by atoms with van der Waals surface area (Å²) >= 11 is 0. The van der Waals surface area contributed by atoms with E-state index in [4.69, 9.17) is 0 Å². The number of hydrogen-bond acceptors (Lipinski definition) is 2. The number of hydrogen-bond donors (Lipinski definition) is 1. The second kappa shape index (κ2) is 12.0. The van der Waals surface area contributed by atoms with Crippen LogP contribution < -0.4 is 4.90 Å². The van der Waals surface area contributed by atoms with Crippen molar-refractivity contribution in [3.63, 3.8) is 0 Å². The maximum atomic E-state index is 11.6. The van der Waals surface area contributed by atoms with Crippen LogP contribution in [0.5, 0.6) is 0 Å². The lowest BCUT2D eigenvalue weighted by molar-refractivity contribution is -0.923. The third kappa shape index (κ3) is 5.66. The number of para-hydroxylation sites is 2. The van der Waals surface area contributed by atoms with E-state index in [1.54, 1.807) is 0 Å². The van der Waals surface area contributed by atoms with Gasteiger partial charge in [-0.25, -0.2) is 0 Å². The predicted octanol–water partition coefficient (Wildman–Crippen LogP) is 7.35. The summed E-state index contributed by atoms with van der Waals surface area (Å²) in [6.07, 6.45) is 7.97. The van der Waals surface area contributed by atoms with E-state index in [1.165, 1.54) is 54.3 Å². The van der Waals surface area contributed by atoms with Crippen molar-refractivity contribution in [2.75, 3.05) is 44.2 Å². The highest BCUT2D eigenvalue weighted by atomic mass is 16.4. The monoisotopic (exact) mass is 557 g/mol. The number of allylic oxidation sites excluding steroid dienone is 4. The van der Waals surface area contributed by atoms with Gasteiger partial charge in [-0.05, 0) is 59.2 Å². The van der Waals surface area contributed by atoms with Gasteiger partial charge in [-0.1, -0.05) is 56.3 Å². The molecule has 0 aromatic heterocycles. The first-order valence-corrected chi connectivity index (χ1v) is 15.5. The van der Waals surface area contributed by atoms with E-state index in [0.29, 0.717) is 6.54 Å². The minimum Gasteiger partial charge on any atom is -0.481 e. The van der Waals surface area contributed by atoms with Crippen LogP contribution in [0.25, 0.3) is 0 Å². The highest BCUT2D eigenvalue weighted by molar-refractivity contribution is 6.03.